The molecule has 4 N–H and O–H groups in total. The zero-order valence-corrected chi connectivity index (χ0v) is 13.3. The van der Waals surface area contributed by atoms with Crippen molar-refractivity contribution < 1.29 is 19.7 Å². The highest BCUT2D eigenvalue weighted by molar-refractivity contribution is 5.91. The zero-order chi connectivity index (χ0) is 17.4. The number of carbonyl (C=O) groups excluding carboxylic acids is 1. The first-order valence-corrected chi connectivity index (χ1v) is 7.62. The zero-order valence-electron chi connectivity index (χ0n) is 13.3. The molecule has 0 aromatic carbocycles. The van der Waals surface area contributed by atoms with Crippen molar-refractivity contribution >= 4 is 23.0 Å². The van der Waals surface area contributed by atoms with Crippen molar-refractivity contribution in [1.29, 1.82) is 0 Å². The van der Waals surface area contributed by atoms with Crippen LogP contribution in [0.4, 0.5) is 5.95 Å². The summed E-state index contributed by atoms with van der Waals surface area (Å²) >= 11 is 0. The van der Waals surface area contributed by atoms with Gasteiger partial charge < -0.3 is 14.9 Å². The van der Waals surface area contributed by atoms with Crippen LogP contribution in [-0.4, -0.2) is 54.5 Å². The van der Waals surface area contributed by atoms with Crippen LogP contribution >= 0.6 is 0 Å². The Balaban J connectivity index is 1.97. The molecule has 1 amide bonds. The summed E-state index contributed by atoms with van der Waals surface area (Å²) in [5.41, 5.74) is -0.160. The second-order valence-corrected chi connectivity index (χ2v) is 6.00. The third-order valence-electron chi connectivity index (χ3n) is 3.89. The summed E-state index contributed by atoms with van der Waals surface area (Å²) in [6, 6.07) is 0. The van der Waals surface area contributed by atoms with Crippen molar-refractivity contribution in [2.24, 2.45) is 5.92 Å². The fraction of sp³-hybridized carbons (Fsp3) is 0.571. The van der Waals surface area contributed by atoms with Gasteiger partial charge in [-0.15, -0.1) is 0 Å². The smallest absolute Gasteiger partial charge is 0.280 e. The maximum atomic E-state index is 12.1. The number of aliphatic hydroxyl groups excluding tert-OH is 2. The van der Waals surface area contributed by atoms with Crippen LogP contribution in [0.3, 0.4) is 0 Å². The van der Waals surface area contributed by atoms with Crippen LogP contribution < -0.4 is 10.9 Å². The number of fused-ring (bicyclic) bond motifs is 1. The lowest BCUT2D eigenvalue weighted by molar-refractivity contribution is -0.118. The third kappa shape index (κ3) is 2.90. The van der Waals surface area contributed by atoms with E-state index in [4.69, 9.17) is 4.74 Å². The average Bonchev–Trinajstić information content (AvgIpc) is 3.10. The van der Waals surface area contributed by atoms with Gasteiger partial charge in [-0.25, -0.2) is 4.98 Å². The number of ether oxygens (including phenoxy) is 1. The maximum absolute atomic E-state index is 12.1. The molecule has 130 valence electrons. The predicted molar refractivity (Wildman–Crippen MR) is 83.2 cm³/mol. The number of H-pyrrole nitrogens is 1. The average molecular weight is 337 g/mol. The van der Waals surface area contributed by atoms with Crippen molar-refractivity contribution in [1.82, 2.24) is 19.5 Å². The second kappa shape index (κ2) is 6.30. The summed E-state index contributed by atoms with van der Waals surface area (Å²) in [5.74, 6) is -0.531. The Hall–Kier alpha value is -2.30. The Kier molecular flexibility index (Phi) is 4.35. The number of nitrogens with zero attached hydrogens (tertiary/aromatic N) is 3. The maximum Gasteiger partial charge on any atom is 0.280 e. The number of hydrogen-bond donors (Lipinski definition) is 4. The van der Waals surface area contributed by atoms with Gasteiger partial charge in [-0.2, -0.15) is 4.98 Å². The van der Waals surface area contributed by atoms with Crippen molar-refractivity contribution in [3.8, 4) is 0 Å². The molecule has 24 heavy (non-hydrogen) atoms. The number of rotatable bonds is 4. The van der Waals surface area contributed by atoms with Gasteiger partial charge in [0.25, 0.3) is 5.56 Å². The van der Waals surface area contributed by atoms with Crippen LogP contribution in [0.2, 0.25) is 0 Å². The van der Waals surface area contributed by atoms with Gasteiger partial charge in [-0.3, -0.25) is 24.5 Å². The molecule has 0 radical (unpaired) electrons. The lowest BCUT2D eigenvalue weighted by atomic mass is 10.2. The van der Waals surface area contributed by atoms with E-state index in [1.165, 1.54) is 10.9 Å². The normalized spacial score (nSPS) is 24.0. The quantitative estimate of drug-likeness (QED) is 0.581. The molecule has 3 atom stereocenters. The molecule has 0 spiro atoms. The standard InChI is InChI=1S/C14H19N5O5/c1-6(2)12(22)17-14-16-11-10(13(23)18-14)15-5-19(11)9-3-7(21)8(4-20)24-9/h5-9,20-21H,3-4H2,1-2H3,(H2,16,17,18,22,23)/t7-,8+,9-/m1/s1. The predicted octanol–water partition coefficient (Wildman–Crippen LogP) is -0.645. The number of anilines is 1. The minimum Gasteiger partial charge on any atom is -0.394 e. The number of hydrogen-bond acceptors (Lipinski definition) is 7. The van der Waals surface area contributed by atoms with Crippen LogP contribution in [0.5, 0.6) is 0 Å². The number of aromatic nitrogens is 4. The number of carbonyl (C=O) groups is 1. The molecule has 2 aromatic heterocycles. The monoisotopic (exact) mass is 337 g/mol. The van der Waals surface area contributed by atoms with Crippen LogP contribution in [0.25, 0.3) is 11.2 Å². The van der Waals surface area contributed by atoms with Crippen molar-refractivity contribution in [2.75, 3.05) is 11.9 Å². The van der Waals surface area contributed by atoms with Crippen LogP contribution in [-0.2, 0) is 9.53 Å². The first-order valence-electron chi connectivity index (χ1n) is 7.62. The SMILES string of the molecule is CC(C)C(=O)Nc1nc2c(ncn2[C@H]2C[C@@H](O)[C@H](CO)O2)c(=O)[nH]1. The fourth-order valence-electron chi connectivity index (χ4n) is 2.51. The van der Waals surface area contributed by atoms with E-state index in [2.05, 4.69) is 20.3 Å². The number of aliphatic hydroxyl groups is 2. The van der Waals surface area contributed by atoms with Crippen LogP contribution in [0.1, 0.15) is 26.5 Å². The molecule has 1 aliphatic rings. The van der Waals surface area contributed by atoms with Crippen molar-refractivity contribution in [3.05, 3.63) is 16.7 Å². The molecule has 10 heteroatoms. The largest absolute Gasteiger partial charge is 0.394 e. The van der Waals surface area contributed by atoms with Gasteiger partial charge in [0, 0.05) is 12.3 Å². The van der Waals surface area contributed by atoms with E-state index in [0.717, 1.165) is 0 Å². The highest BCUT2D eigenvalue weighted by Gasteiger charge is 2.35. The summed E-state index contributed by atoms with van der Waals surface area (Å²) < 4.78 is 7.07. The molecule has 0 saturated carbocycles. The van der Waals surface area contributed by atoms with Gasteiger partial charge in [0.05, 0.1) is 19.0 Å². The van der Waals surface area contributed by atoms with E-state index in [1.54, 1.807) is 13.8 Å². The van der Waals surface area contributed by atoms with Crippen LogP contribution in [0, 0.1) is 5.92 Å². The lowest BCUT2D eigenvalue weighted by Crippen LogP contribution is -2.24. The molecule has 3 heterocycles. The summed E-state index contributed by atoms with van der Waals surface area (Å²) in [7, 11) is 0. The van der Waals surface area contributed by atoms with Gasteiger partial charge in [-0.05, 0) is 0 Å². The Morgan fingerprint density at radius 1 is 1.58 bits per heavy atom. The highest BCUT2D eigenvalue weighted by atomic mass is 16.5. The Morgan fingerprint density at radius 2 is 2.33 bits per heavy atom. The molecular formula is C14H19N5O5. The lowest BCUT2D eigenvalue weighted by Gasteiger charge is -2.14. The molecule has 1 saturated heterocycles. The molecule has 0 bridgehead atoms. The van der Waals surface area contributed by atoms with E-state index in [-0.39, 0.29) is 42.0 Å². The van der Waals surface area contributed by atoms with Crippen molar-refractivity contribution in [3.63, 3.8) is 0 Å². The van der Waals surface area contributed by atoms with Gasteiger partial charge in [0.2, 0.25) is 11.9 Å². The van der Waals surface area contributed by atoms with E-state index in [9.17, 15) is 19.8 Å². The second-order valence-electron chi connectivity index (χ2n) is 6.00. The van der Waals surface area contributed by atoms with Crippen LogP contribution in [0.15, 0.2) is 11.1 Å². The van der Waals surface area contributed by atoms with Gasteiger partial charge in [0.1, 0.15) is 12.3 Å². The van der Waals surface area contributed by atoms with Gasteiger partial charge >= 0.3 is 0 Å². The Morgan fingerprint density at radius 3 is 2.96 bits per heavy atom. The fourth-order valence-corrected chi connectivity index (χ4v) is 2.51. The number of nitrogens with one attached hydrogen (secondary N) is 2. The minimum absolute atomic E-state index is 0.0187. The number of aromatic amines is 1. The topological polar surface area (TPSA) is 142 Å². The molecule has 1 aliphatic heterocycles. The van der Waals surface area contributed by atoms with E-state index in [0.29, 0.717) is 0 Å². The summed E-state index contributed by atoms with van der Waals surface area (Å²) in [6.45, 7) is 3.13. The molecule has 0 unspecified atom stereocenters. The van der Waals surface area contributed by atoms with Crippen molar-refractivity contribution in [2.45, 2.75) is 38.7 Å². The Bertz CT molecular complexity index is 813. The van der Waals surface area contributed by atoms with E-state index in [1.807, 2.05) is 0 Å². The first-order chi connectivity index (χ1) is 11.4. The molecule has 1 fully saturated rings. The van der Waals surface area contributed by atoms with E-state index < -0.39 is 24.0 Å². The number of amides is 1. The molecule has 0 aliphatic carbocycles. The van der Waals surface area contributed by atoms with Gasteiger partial charge in [0.15, 0.2) is 11.2 Å². The molecular weight excluding hydrogens is 318 g/mol. The Labute approximate surface area is 136 Å². The molecule has 10 nitrogen and oxygen atoms in total. The van der Waals surface area contributed by atoms with E-state index >= 15 is 0 Å². The summed E-state index contributed by atoms with van der Waals surface area (Å²) in [6.07, 6.45) is -0.504. The third-order valence-corrected chi connectivity index (χ3v) is 3.89. The summed E-state index contributed by atoms with van der Waals surface area (Å²) in [4.78, 5) is 34.6. The number of imidazole rings is 1. The first kappa shape index (κ1) is 16.6. The van der Waals surface area contributed by atoms with Gasteiger partial charge in [-0.1, -0.05) is 13.8 Å². The minimum atomic E-state index is -0.820. The molecule has 2 aromatic rings. The summed E-state index contributed by atoms with van der Waals surface area (Å²) in [5, 5.41) is 21.6. The molecule has 3 rings (SSSR count). The highest BCUT2D eigenvalue weighted by Crippen LogP contribution is 2.30.